The Kier molecular flexibility index (Phi) is 8.23. The Morgan fingerprint density at radius 1 is 1.11 bits per heavy atom. The van der Waals surface area contributed by atoms with Crippen LogP contribution in [0.4, 0.5) is 8.78 Å². The Labute approximate surface area is 220 Å². The second-order valence-electron chi connectivity index (χ2n) is 10.1. The number of nitrogens with two attached hydrogens (primary N) is 1. The van der Waals surface area contributed by atoms with Crippen LogP contribution in [0, 0.1) is 17.0 Å². The number of aliphatic hydroxyl groups excluding tert-OH is 1. The van der Waals surface area contributed by atoms with Gasteiger partial charge >= 0.3 is 0 Å². The maximum Gasteiger partial charge on any atom is 0.254 e. The molecule has 8 nitrogen and oxygen atoms in total. The molecule has 0 radical (unpaired) electrons. The van der Waals surface area contributed by atoms with Crippen molar-refractivity contribution in [2.24, 2.45) is 5.73 Å². The summed E-state index contributed by atoms with van der Waals surface area (Å²) in [4.78, 5) is 27.5. The van der Waals surface area contributed by atoms with Gasteiger partial charge in [0.25, 0.3) is 5.91 Å². The molecular formula is C28H33F2N5O3. The van der Waals surface area contributed by atoms with Gasteiger partial charge in [0.15, 0.2) is 6.10 Å². The van der Waals surface area contributed by atoms with Gasteiger partial charge in [0, 0.05) is 29.3 Å². The number of benzene rings is 2. The van der Waals surface area contributed by atoms with E-state index in [1.54, 1.807) is 0 Å². The number of hydrogen-bond donors (Lipinski definition) is 5. The average Bonchev–Trinajstić information content (AvgIpc) is 3.73. The van der Waals surface area contributed by atoms with Crippen LogP contribution in [0.5, 0.6) is 0 Å². The van der Waals surface area contributed by atoms with E-state index in [0.717, 1.165) is 43.6 Å². The highest BCUT2D eigenvalue weighted by atomic mass is 19.1. The van der Waals surface area contributed by atoms with Gasteiger partial charge in [-0.2, -0.15) is 0 Å². The van der Waals surface area contributed by atoms with E-state index in [4.69, 9.17) is 11.1 Å². The van der Waals surface area contributed by atoms with E-state index in [9.17, 15) is 23.5 Å². The summed E-state index contributed by atoms with van der Waals surface area (Å²) in [6, 6.07) is 11.7. The molecule has 1 heterocycles. The summed E-state index contributed by atoms with van der Waals surface area (Å²) >= 11 is 0. The van der Waals surface area contributed by atoms with E-state index in [2.05, 4.69) is 15.5 Å². The number of carbonyl (C=O) groups excluding carboxylic acids is 2. The molecule has 2 amide bonds. The topological polar surface area (TPSA) is 132 Å². The molecule has 2 atom stereocenters. The monoisotopic (exact) mass is 525 g/mol. The minimum Gasteiger partial charge on any atom is -0.385 e. The summed E-state index contributed by atoms with van der Waals surface area (Å²) in [5, 5.41) is 23.9. The average molecular weight is 526 g/mol. The van der Waals surface area contributed by atoms with Crippen LogP contribution >= 0.6 is 0 Å². The molecule has 1 aliphatic carbocycles. The first-order valence-electron chi connectivity index (χ1n) is 12.7. The summed E-state index contributed by atoms with van der Waals surface area (Å²) in [5.41, 5.74) is 6.59. The lowest BCUT2D eigenvalue weighted by Crippen LogP contribution is -2.48. The van der Waals surface area contributed by atoms with E-state index in [1.165, 1.54) is 25.8 Å². The molecule has 2 fully saturated rings. The first-order chi connectivity index (χ1) is 18.1. The van der Waals surface area contributed by atoms with Gasteiger partial charge in [-0.3, -0.25) is 9.59 Å². The molecule has 0 spiro atoms. The molecule has 4 rings (SSSR count). The maximum atomic E-state index is 13.4. The first kappa shape index (κ1) is 27.4. The van der Waals surface area contributed by atoms with Crippen LogP contribution in [0.25, 0.3) is 0 Å². The normalized spacial score (nSPS) is 19.3. The van der Waals surface area contributed by atoms with Crippen molar-refractivity contribution in [1.82, 2.24) is 15.5 Å². The molecule has 0 bridgehead atoms. The molecule has 1 saturated carbocycles. The van der Waals surface area contributed by atoms with Gasteiger partial charge in [-0.05, 0) is 69.0 Å². The summed E-state index contributed by atoms with van der Waals surface area (Å²) < 4.78 is 26.9. The van der Waals surface area contributed by atoms with E-state index < -0.39 is 41.0 Å². The molecule has 0 aromatic heterocycles. The predicted molar refractivity (Wildman–Crippen MR) is 139 cm³/mol. The summed E-state index contributed by atoms with van der Waals surface area (Å²) in [5.74, 6) is -3.60. The van der Waals surface area contributed by atoms with Crippen molar-refractivity contribution in [2.45, 2.75) is 56.2 Å². The van der Waals surface area contributed by atoms with E-state index >= 15 is 0 Å². The second-order valence-corrected chi connectivity index (χ2v) is 10.1. The number of carbonyl (C=O) groups is 2. The number of piperidine rings is 1. The number of allylic oxidation sites excluding steroid dienone is 1. The number of nitrogens with one attached hydrogen (secondary N) is 3. The standard InChI is InChI=1S/C28H33F2N5O3/c1-17(33-27(38)25(36)18-13-20(29)15-21(30)14-18)26(37)34-24(32)16-23(31)28(19-5-3-2-4-6-19)9-11-35(12-10-28)22-7-8-22/h2-6,13-17,22,25,31,36H,7-12,32H2,1H3,(H,33,38)(H,34,37)/b24-16+,31-23?/t17-,25-/m0/s1. The molecule has 202 valence electrons. The van der Waals surface area contributed by atoms with Gasteiger partial charge in [-0.25, -0.2) is 8.78 Å². The fourth-order valence-corrected chi connectivity index (χ4v) is 5.00. The van der Waals surface area contributed by atoms with Crippen LogP contribution < -0.4 is 16.4 Å². The van der Waals surface area contributed by atoms with Gasteiger partial charge in [0.05, 0.1) is 0 Å². The number of nitrogens with zero attached hydrogens (tertiary/aromatic N) is 1. The summed E-state index contributed by atoms with van der Waals surface area (Å²) in [6.07, 6.45) is 3.53. The van der Waals surface area contributed by atoms with Gasteiger partial charge in [-0.1, -0.05) is 30.3 Å². The lowest BCUT2D eigenvalue weighted by atomic mass is 9.69. The molecular weight excluding hydrogens is 492 g/mol. The molecule has 2 aromatic rings. The van der Waals surface area contributed by atoms with Gasteiger partial charge < -0.3 is 31.8 Å². The molecule has 6 N–H and O–H groups in total. The van der Waals surface area contributed by atoms with E-state index in [-0.39, 0.29) is 17.1 Å². The van der Waals surface area contributed by atoms with Crippen molar-refractivity contribution in [1.29, 1.82) is 5.41 Å². The minimum absolute atomic E-state index is 0.0474. The molecule has 38 heavy (non-hydrogen) atoms. The molecule has 0 unspecified atom stereocenters. The van der Waals surface area contributed by atoms with Gasteiger partial charge in [0.2, 0.25) is 5.91 Å². The highest BCUT2D eigenvalue weighted by molar-refractivity contribution is 6.02. The number of hydrogen-bond acceptors (Lipinski definition) is 6. The number of amides is 2. The summed E-state index contributed by atoms with van der Waals surface area (Å²) in [7, 11) is 0. The fourth-order valence-electron chi connectivity index (χ4n) is 5.00. The lowest BCUT2D eigenvalue weighted by Gasteiger charge is -2.42. The zero-order valence-electron chi connectivity index (χ0n) is 21.2. The Hall–Kier alpha value is -3.63. The SMILES string of the molecule is C[C@H](NC(=O)[C@@H](O)c1cc(F)cc(F)c1)C(=O)N/C(N)=C/C(=N)C1(c2ccccc2)CCN(C2CC2)CC1. The zero-order chi connectivity index (χ0) is 27.4. The molecule has 2 aliphatic rings. The second kappa shape index (κ2) is 11.4. The highest BCUT2D eigenvalue weighted by Crippen LogP contribution is 2.40. The van der Waals surface area contributed by atoms with Crippen LogP contribution in [0.1, 0.15) is 49.8 Å². The van der Waals surface area contributed by atoms with Crippen molar-refractivity contribution < 1.29 is 23.5 Å². The Morgan fingerprint density at radius 3 is 2.29 bits per heavy atom. The van der Waals surface area contributed by atoms with Crippen LogP contribution in [0.3, 0.4) is 0 Å². The van der Waals surface area contributed by atoms with Crippen molar-refractivity contribution in [2.75, 3.05) is 13.1 Å². The van der Waals surface area contributed by atoms with E-state index in [1.807, 2.05) is 30.3 Å². The van der Waals surface area contributed by atoms with Gasteiger partial charge in [-0.15, -0.1) is 0 Å². The van der Waals surface area contributed by atoms with Crippen molar-refractivity contribution in [3.8, 4) is 0 Å². The van der Waals surface area contributed by atoms with Crippen LogP contribution in [-0.2, 0) is 15.0 Å². The van der Waals surface area contributed by atoms with Crippen molar-refractivity contribution >= 4 is 17.5 Å². The third-order valence-corrected chi connectivity index (χ3v) is 7.33. The number of aliphatic hydroxyl groups is 1. The molecule has 2 aromatic carbocycles. The number of rotatable bonds is 9. The quantitative estimate of drug-likeness (QED) is 0.321. The fraction of sp³-hybridized carbons (Fsp3) is 0.393. The first-order valence-corrected chi connectivity index (χ1v) is 12.7. The zero-order valence-corrected chi connectivity index (χ0v) is 21.2. The number of likely N-dealkylation sites (tertiary alicyclic amines) is 1. The minimum atomic E-state index is -1.87. The lowest BCUT2D eigenvalue weighted by molar-refractivity contribution is -0.133. The van der Waals surface area contributed by atoms with Crippen LogP contribution in [0.15, 0.2) is 60.4 Å². The third-order valence-electron chi connectivity index (χ3n) is 7.33. The Balaban J connectivity index is 1.40. The van der Waals surface area contributed by atoms with Gasteiger partial charge in [0.1, 0.15) is 23.5 Å². The molecule has 10 heteroatoms. The van der Waals surface area contributed by atoms with E-state index in [0.29, 0.717) is 12.1 Å². The number of halogens is 2. The Morgan fingerprint density at radius 2 is 1.71 bits per heavy atom. The van der Waals surface area contributed by atoms with Crippen molar-refractivity contribution in [3.05, 3.63) is 83.2 Å². The predicted octanol–water partition coefficient (Wildman–Crippen LogP) is 2.64. The smallest absolute Gasteiger partial charge is 0.254 e. The summed E-state index contributed by atoms with van der Waals surface area (Å²) in [6.45, 7) is 3.13. The molecule has 1 aliphatic heterocycles. The Bertz CT molecular complexity index is 1200. The van der Waals surface area contributed by atoms with Crippen LogP contribution in [0.2, 0.25) is 0 Å². The largest absolute Gasteiger partial charge is 0.385 e. The van der Waals surface area contributed by atoms with Crippen molar-refractivity contribution in [3.63, 3.8) is 0 Å². The molecule has 1 saturated heterocycles. The highest BCUT2D eigenvalue weighted by Gasteiger charge is 2.42. The maximum absolute atomic E-state index is 13.4. The third kappa shape index (κ3) is 6.25. The van der Waals surface area contributed by atoms with Crippen LogP contribution in [-0.4, -0.2) is 52.7 Å².